The summed E-state index contributed by atoms with van der Waals surface area (Å²) in [6, 6.07) is 6.24. The molecule has 1 aromatic carbocycles. The topological polar surface area (TPSA) is 88.1 Å². The molecule has 2 heterocycles. The van der Waals surface area contributed by atoms with E-state index in [4.69, 9.17) is 0 Å². The second kappa shape index (κ2) is 4.69. The molecule has 1 aromatic rings. The fraction of sp³-hybridized carbons (Fsp3) is 0.286. The molecule has 7 nitrogen and oxygen atoms in total. The lowest BCUT2D eigenvalue weighted by Crippen LogP contribution is -2.36. The van der Waals surface area contributed by atoms with Crippen LogP contribution in [0.4, 0.5) is 5.69 Å². The lowest BCUT2D eigenvalue weighted by Gasteiger charge is -2.17. The Balaban J connectivity index is 2.00. The van der Waals surface area contributed by atoms with E-state index in [1.54, 1.807) is 12.1 Å². The van der Waals surface area contributed by atoms with Crippen LogP contribution in [0.3, 0.4) is 0 Å². The predicted molar refractivity (Wildman–Crippen MR) is 73.5 cm³/mol. The van der Waals surface area contributed by atoms with Crippen molar-refractivity contribution in [3.8, 4) is 0 Å². The lowest BCUT2D eigenvalue weighted by atomic mass is 9.99. The Morgan fingerprint density at radius 3 is 2.67 bits per heavy atom. The van der Waals surface area contributed by atoms with Crippen molar-refractivity contribution in [2.45, 2.75) is 13.0 Å². The number of methoxy groups -OCH3 is 1. The standard InChI is InChI=1S/C14H13N3O4/c1-7-5-3-4-6-8(7)17-12(18)9-10(13(17)19)15-16-11(9)14(20)21-2/h3-6,9-10,15H,1-2H3/t9-,10-/m0/s1. The van der Waals surface area contributed by atoms with Crippen LogP contribution in [0, 0.1) is 12.8 Å². The molecular weight excluding hydrogens is 274 g/mol. The highest BCUT2D eigenvalue weighted by atomic mass is 16.5. The third kappa shape index (κ3) is 1.81. The van der Waals surface area contributed by atoms with Gasteiger partial charge in [0.2, 0.25) is 5.91 Å². The predicted octanol–water partition coefficient (Wildman–Crippen LogP) is -0.0148. The van der Waals surface area contributed by atoms with Gasteiger partial charge in [-0.05, 0) is 18.6 Å². The Hall–Kier alpha value is -2.70. The molecule has 0 aromatic heterocycles. The molecule has 0 bridgehead atoms. The van der Waals surface area contributed by atoms with Crippen molar-refractivity contribution < 1.29 is 19.1 Å². The monoisotopic (exact) mass is 287 g/mol. The first-order valence-corrected chi connectivity index (χ1v) is 6.41. The number of carbonyl (C=O) groups is 3. The maximum Gasteiger partial charge on any atom is 0.355 e. The van der Waals surface area contributed by atoms with E-state index in [1.165, 1.54) is 7.11 Å². The molecule has 0 spiro atoms. The SMILES string of the molecule is COC(=O)C1=NN[C@@H]2C(=O)N(c3ccccc3C)C(=O)[C@H]12. The van der Waals surface area contributed by atoms with Crippen molar-refractivity contribution in [2.75, 3.05) is 12.0 Å². The molecule has 0 aliphatic carbocycles. The zero-order valence-corrected chi connectivity index (χ0v) is 11.5. The van der Waals surface area contributed by atoms with Gasteiger partial charge in [0.15, 0.2) is 5.71 Å². The molecule has 2 atom stereocenters. The second-order valence-corrected chi connectivity index (χ2v) is 4.87. The maximum absolute atomic E-state index is 12.6. The minimum Gasteiger partial charge on any atom is -0.464 e. The minimum absolute atomic E-state index is 0.0584. The number of aryl methyl sites for hydroxylation is 1. The van der Waals surface area contributed by atoms with Crippen molar-refractivity contribution in [1.29, 1.82) is 0 Å². The molecule has 0 saturated carbocycles. The van der Waals surface area contributed by atoms with Crippen LogP contribution in [0.2, 0.25) is 0 Å². The highest BCUT2D eigenvalue weighted by molar-refractivity contribution is 6.46. The summed E-state index contributed by atoms with van der Waals surface area (Å²) >= 11 is 0. The van der Waals surface area contributed by atoms with Crippen LogP contribution in [0.5, 0.6) is 0 Å². The van der Waals surface area contributed by atoms with Gasteiger partial charge in [0.25, 0.3) is 5.91 Å². The van der Waals surface area contributed by atoms with Gasteiger partial charge in [0.1, 0.15) is 12.0 Å². The number of amides is 2. The number of rotatable bonds is 2. The first kappa shape index (κ1) is 13.3. The van der Waals surface area contributed by atoms with E-state index in [2.05, 4.69) is 15.3 Å². The molecule has 1 N–H and O–H groups in total. The Morgan fingerprint density at radius 2 is 2.00 bits per heavy atom. The molecule has 2 amide bonds. The number of esters is 1. The molecule has 0 unspecified atom stereocenters. The maximum atomic E-state index is 12.6. The molecule has 108 valence electrons. The molecule has 2 aliphatic rings. The summed E-state index contributed by atoms with van der Waals surface area (Å²) in [4.78, 5) is 37.7. The number of benzene rings is 1. The van der Waals surface area contributed by atoms with Crippen LogP contribution in [0.15, 0.2) is 29.4 Å². The van der Waals surface area contributed by atoms with Gasteiger partial charge >= 0.3 is 5.97 Å². The number of para-hydroxylation sites is 1. The van der Waals surface area contributed by atoms with Gasteiger partial charge in [-0.25, -0.2) is 9.69 Å². The number of hydrogen-bond acceptors (Lipinski definition) is 6. The fourth-order valence-corrected chi connectivity index (χ4v) is 2.61. The second-order valence-electron chi connectivity index (χ2n) is 4.87. The number of anilines is 1. The normalized spacial score (nSPS) is 23.7. The third-order valence-electron chi connectivity index (χ3n) is 3.68. The van der Waals surface area contributed by atoms with Crippen LogP contribution < -0.4 is 10.3 Å². The van der Waals surface area contributed by atoms with E-state index < -0.39 is 29.7 Å². The first-order valence-electron chi connectivity index (χ1n) is 6.41. The summed E-state index contributed by atoms with van der Waals surface area (Å²) < 4.78 is 4.60. The number of hydrazone groups is 1. The van der Waals surface area contributed by atoms with Crippen LogP contribution in [-0.2, 0) is 19.1 Å². The number of nitrogens with zero attached hydrogens (tertiary/aromatic N) is 2. The molecule has 1 saturated heterocycles. The van der Waals surface area contributed by atoms with Crippen molar-refractivity contribution in [1.82, 2.24) is 5.43 Å². The van der Waals surface area contributed by atoms with Crippen LogP contribution in [0.1, 0.15) is 5.56 Å². The Kier molecular flexibility index (Phi) is 2.97. The van der Waals surface area contributed by atoms with Gasteiger partial charge in [-0.2, -0.15) is 5.10 Å². The Labute approximate surface area is 120 Å². The average Bonchev–Trinajstić information content (AvgIpc) is 3.01. The molecule has 7 heteroatoms. The average molecular weight is 287 g/mol. The number of carbonyl (C=O) groups excluding carboxylic acids is 3. The zero-order chi connectivity index (χ0) is 15.1. The van der Waals surface area contributed by atoms with E-state index in [-0.39, 0.29) is 5.71 Å². The summed E-state index contributed by atoms with van der Waals surface area (Å²) in [7, 11) is 1.21. The van der Waals surface area contributed by atoms with Gasteiger partial charge in [0.05, 0.1) is 12.8 Å². The number of ether oxygens (including phenoxy) is 1. The number of fused-ring (bicyclic) bond motifs is 1. The van der Waals surface area contributed by atoms with Gasteiger partial charge in [0, 0.05) is 0 Å². The van der Waals surface area contributed by atoms with Gasteiger partial charge in [-0.15, -0.1) is 0 Å². The highest BCUT2D eigenvalue weighted by Crippen LogP contribution is 2.32. The van der Waals surface area contributed by atoms with E-state index >= 15 is 0 Å². The van der Waals surface area contributed by atoms with Crippen molar-refractivity contribution in [3.63, 3.8) is 0 Å². The molecular formula is C14H13N3O4. The van der Waals surface area contributed by atoms with Gasteiger partial charge in [-0.1, -0.05) is 18.2 Å². The van der Waals surface area contributed by atoms with Gasteiger partial charge < -0.3 is 4.74 Å². The summed E-state index contributed by atoms with van der Waals surface area (Å²) in [5.41, 5.74) is 3.82. The molecule has 3 rings (SSSR count). The first-order chi connectivity index (χ1) is 10.1. The Bertz CT molecular complexity index is 683. The quantitative estimate of drug-likeness (QED) is 0.610. The molecule has 0 radical (unpaired) electrons. The molecule has 1 fully saturated rings. The number of hydrogen-bond donors (Lipinski definition) is 1. The highest BCUT2D eigenvalue weighted by Gasteiger charge is 2.55. The van der Waals surface area contributed by atoms with Crippen molar-refractivity contribution in [3.05, 3.63) is 29.8 Å². The van der Waals surface area contributed by atoms with E-state index in [9.17, 15) is 14.4 Å². The van der Waals surface area contributed by atoms with E-state index in [0.717, 1.165) is 10.5 Å². The van der Waals surface area contributed by atoms with Crippen LogP contribution in [0.25, 0.3) is 0 Å². The van der Waals surface area contributed by atoms with Crippen LogP contribution in [-0.4, -0.2) is 36.6 Å². The zero-order valence-electron chi connectivity index (χ0n) is 11.5. The Morgan fingerprint density at radius 1 is 1.29 bits per heavy atom. The summed E-state index contributed by atoms with van der Waals surface area (Å²) in [5.74, 6) is -2.51. The summed E-state index contributed by atoms with van der Waals surface area (Å²) in [6.07, 6.45) is 0. The van der Waals surface area contributed by atoms with Crippen LogP contribution >= 0.6 is 0 Å². The molecule has 2 aliphatic heterocycles. The minimum atomic E-state index is -0.926. The third-order valence-corrected chi connectivity index (χ3v) is 3.68. The summed E-state index contributed by atoms with van der Waals surface area (Å²) in [5, 5.41) is 3.77. The number of nitrogens with one attached hydrogen (secondary N) is 1. The van der Waals surface area contributed by atoms with Crippen molar-refractivity contribution >= 4 is 29.2 Å². The smallest absolute Gasteiger partial charge is 0.355 e. The number of imide groups is 1. The van der Waals surface area contributed by atoms with E-state index in [0.29, 0.717) is 5.69 Å². The fourth-order valence-electron chi connectivity index (χ4n) is 2.61. The largest absolute Gasteiger partial charge is 0.464 e. The molecule has 21 heavy (non-hydrogen) atoms. The van der Waals surface area contributed by atoms with E-state index in [1.807, 2.05) is 19.1 Å². The summed E-state index contributed by atoms with van der Waals surface area (Å²) in [6.45, 7) is 1.81. The lowest BCUT2D eigenvalue weighted by molar-refractivity contribution is -0.133. The van der Waals surface area contributed by atoms with Crippen molar-refractivity contribution in [2.24, 2.45) is 11.0 Å². The van der Waals surface area contributed by atoms with Gasteiger partial charge in [-0.3, -0.25) is 15.0 Å².